The van der Waals surface area contributed by atoms with E-state index in [1.807, 2.05) is 54.6 Å². The van der Waals surface area contributed by atoms with Crippen LogP contribution in [0.5, 0.6) is 0 Å². The summed E-state index contributed by atoms with van der Waals surface area (Å²) in [6.45, 7) is 3.17. The molecule has 1 fully saturated rings. The number of hydrogen-bond donors (Lipinski definition) is 1. The Morgan fingerprint density at radius 3 is 2.36 bits per heavy atom. The fourth-order valence-electron chi connectivity index (χ4n) is 4.50. The van der Waals surface area contributed by atoms with Crippen LogP contribution in [0, 0.1) is 18.7 Å². The molecule has 33 heavy (non-hydrogen) atoms. The monoisotopic (exact) mass is 444 g/mol. The normalized spacial score (nSPS) is 18.1. The number of nitrogens with zero attached hydrogens (tertiary/aromatic N) is 1. The summed E-state index contributed by atoms with van der Waals surface area (Å²) in [5, 5.41) is 3.06. The van der Waals surface area contributed by atoms with Crippen molar-refractivity contribution < 1.29 is 14.0 Å². The molecule has 3 aromatic rings. The lowest BCUT2D eigenvalue weighted by Crippen LogP contribution is -2.48. The summed E-state index contributed by atoms with van der Waals surface area (Å²) in [6, 6.07) is 24.2. The van der Waals surface area contributed by atoms with Crippen molar-refractivity contribution in [2.24, 2.45) is 5.92 Å². The molecule has 3 aromatic carbocycles. The molecule has 5 heteroatoms. The lowest BCUT2D eigenvalue weighted by Gasteiger charge is -2.37. The first-order valence-electron chi connectivity index (χ1n) is 11.4. The highest BCUT2D eigenvalue weighted by Crippen LogP contribution is 2.32. The Morgan fingerprint density at radius 1 is 0.970 bits per heavy atom. The lowest BCUT2D eigenvalue weighted by atomic mass is 9.83. The van der Waals surface area contributed by atoms with Crippen molar-refractivity contribution in [3.8, 4) is 0 Å². The van der Waals surface area contributed by atoms with Crippen LogP contribution in [-0.4, -0.2) is 36.3 Å². The number of halogens is 1. The van der Waals surface area contributed by atoms with E-state index in [0.29, 0.717) is 37.2 Å². The maximum atomic E-state index is 13.8. The van der Waals surface area contributed by atoms with Crippen molar-refractivity contribution >= 4 is 11.8 Å². The Kier molecular flexibility index (Phi) is 7.18. The molecule has 170 valence electrons. The number of rotatable bonds is 6. The molecule has 2 atom stereocenters. The lowest BCUT2D eigenvalue weighted by molar-refractivity contribution is -0.126. The van der Waals surface area contributed by atoms with Gasteiger partial charge in [0.05, 0.1) is 5.92 Å². The van der Waals surface area contributed by atoms with Gasteiger partial charge in [0.1, 0.15) is 5.82 Å². The van der Waals surface area contributed by atoms with E-state index in [4.69, 9.17) is 0 Å². The zero-order valence-corrected chi connectivity index (χ0v) is 18.8. The maximum Gasteiger partial charge on any atom is 0.253 e. The van der Waals surface area contributed by atoms with Gasteiger partial charge in [-0.1, -0.05) is 60.7 Å². The summed E-state index contributed by atoms with van der Waals surface area (Å²) in [5.41, 5.74) is 3.31. The van der Waals surface area contributed by atoms with Crippen molar-refractivity contribution in [2.45, 2.75) is 25.7 Å². The zero-order valence-electron chi connectivity index (χ0n) is 18.8. The van der Waals surface area contributed by atoms with Gasteiger partial charge in [-0.05, 0) is 54.7 Å². The predicted octanol–water partition coefficient (Wildman–Crippen LogP) is 4.74. The summed E-state index contributed by atoms with van der Waals surface area (Å²) in [6.07, 6.45) is 1.38. The average Bonchev–Trinajstić information content (AvgIpc) is 2.86. The minimum absolute atomic E-state index is 0.0319. The van der Waals surface area contributed by atoms with Crippen LogP contribution in [0.25, 0.3) is 0 Å². The zero-order chi connectivity index (χ0) is 23.2. The van der Waals surface area contributed by atoms with E-state index in [-0.39, 0.29) is 29.5 Å². The van der Waals surface area contributed by atoms with E-state index >= 15 is 0 Å². The van der Waals surface area contributed by atoms with Crippen LogP contribution in [0.3, 0.4) is 0 Å². The Hall–Kier alpha value is -3.47. The minimum Gasteiger partial charge on any atom is -0.355 e. The molecule has 2 amide bonds. The van der Waals surface area contributed by atoms with Crippen molar-refractivity contribution in [2.75, 3.05) is 19.6 Å². The molecule has 1 aliphatic rings. The first kappa shape index (κ1) is 22.7. The molecule has 1 N–H and O–H groups in total. The number of hydrogen-bond acceptors (Lipinski definition) is 2. The summed E-state index contributed by atoms with van der Waals surface area (Å²) in [4.78, 5) is 28.0. The van der Waals surface area contributed by atoms with Crippen LogP contribution >= 0.6 is 0 Å². The van der Waals surface area contributed by atoms with E-state index in [9.17, 15) is 14.0 Å². The number of nitrogens with one attached hydrogen (secondary N) is 1. The second kappa shape index (κ2) is 10.4. The minimum atomic E-state index is -0.322. The third kappa shape index (κ3) is 5.67. The van der Waals surface area contributed by atoms with Gasteiger partial charge in [0, 0.05) is 31.1 Å². The quantitative estimate of drug-likeness (QED) is 0.597. The molecule has 1 heterocycles. The summed E-state index contributed by atoms with van der Waals surface area (Å²) in [7, 11) is 0. The van der Waals surface area contributed by atoms with E-state index in [1.54, 1.807) is 30.0 Å². The Bertz CT molecular complexity index is 1100. The second-order valence-corrected chi connectivity index (χ2v) is 8.74. The largest absolute Gasteiger partial charge is 0.355 e. The van der Waals surface area contributed by atoms with Gasteiger partial charge in [0.2, 0.25) is 5.91 Å². The summed E-state index contributed by atoms with van der Waals surface area (Å²) >= 11 is 0. The van der Waals surface area contributed by atoms with Gasteiger partial charge in [0.25, 0.3) is 5.91 Å². The van der Waals surface area contributed by atoms with Crippen LogP contribution < -0.4 is 5.32 Å². The maximum absolute atomic E-state index is 13.8. The SMILES string of the molecule is Cc1cc(C2CC(C(=O)NCCc3ccccc3)CN(C(=O)c3ccccc3)C2)ccc1F. The molecule has 0 saturated carbocycles. The Labute approximate surface area is 194 Å². The van der Waals surface area contributed by atoms with Gasteiger partial charge >= 0.3 is 0 Å². The molecule has 0 bridgehead atoms. The molecule has 1 aliphatic heterocycles. The van der Waals surface area contributed by atoms with Gasteiger partial charge in [-0.25, -0.2) is 4.39 Å². The van der Waals surface area contributed by atoms with Crippen LogP contribution in [0.4, 0.5) is 4.39 Å². The van der Waals surface area contributed by atoms with Crippen LogP contribution in [-0.2, 0) is 11.2 Å². The average molecular weight is 445 g/mol. The smallest absolute Gasteiger partial charge is 0.253 e. The number of piperidine rings is 1. The molecule has 0 spiro atoms. The van der Waals surface area contributed by atoms with Gasteiger partial charge in [-0.2, -0.15) is 0 Å². The number of amides is 2. The molecule has 1 saturated heterocycles. The molecule has 0 aliphatic carbocycles. The van der Waals surface area contributed by atoms with Crippen LogP contribution in [0.1, 0.15) is 39.4 Å². The third-order valence-corrected chi connectivity index (χ3v) is 6.34. The fourth-order valence-corrected chi connectivity index (χ4v) is 4.50. The Balaban J connectivity index is 1.50. The topological polar surface area (TPSA) is 49.4 Å². The standard InChI is InChI=1S/C28H29FN2O2/c1-20-16-23(12-13-26(20)29)24-17-25(27(32)30-15-14-21-8-4-2-5-9-21)19-31(18-24)28(33)22-10-6-3-7-11-22/h2-13,16,24-25H,14-15,17-19H2,1H3,(H,30,32). The van der Waals surface area contributed by atoms with Crippen molar-refractivity contribution in [3.05, 3.63) is 107 Å². The van der Waals surface area contributed by atoms with E-state index < -0.39 is 0 Å². The molecular formula is C28H29FN2O2. The second-order valence-electron chi connectivity index (χ2n) is 8.74. The first-order valence-corrected chi connectivity index (χ1v) is 11.4. The Morgan fingerprint density at radius 2 is 1.67 bits per heavy atom. The van der Waals surface area contributed by atoms with E-state index in [1.165, 1.54) is 11.6 Å². The van der Waals surface area contributed by atoms with Gasteiger partial charge in [0.15, 0.2) is 0 Å². The van der Waals surface area contributed by atoms with Crippen LogP contribution in [0.15, 0.2) is 78.9 Å². The van der Waals surface area contributed by atoms with Gasteiger partial charge < -0.3 is 10.2 Å². The number of carbonyl (C=O) groups excluding carboxylic acids is 2. The number of aryl methyl sites for hydroxylation is 1. The first-order chi connectivity index (χ1) is 16.0. The molecular weight excluding hydrogens is 415 g/mol. The molecule has 2 unspecified atom stereocenters. The molecule has 4 rings (SSSR count). The van der Waals surface area contributed by atoms with Crippen molar-refractivity contribution in [1.29, 1.82) is 0 Å². The van der Waals surface area contributed by atoms with Gasteiger partial charge in [-0.3, -0.25) is 9.59 Å². The van der Waals surface area contributed by atoms with Crippen LogP contribution in [0.2, 0.25) is 0 Å². The van der Waals surface area contributed by atoms with Crippen molar-refractivity contribution in [1.82, 2.24) is 10.2 Å². The van der Waals surface area contributed by atoms with Gasteiger partial charge in [-0.15, -0.1) is 0 Å². The number of benzene rings is 3. The fraction of sp³-hybridized carbons (Fsp3) is 0.286. The predicted molar refractivity (Wildman–Crippen MR) is 127 cm³/mol. The van der Waals surface area contributed by atoms with Crippen molar-refractivity contribution in [3.63, 3.8) is 0 Å². The highest BCUT2D eigenvalue weighted by Gasteiger charge is 2.35. The summed E-state index contributed by atoms with van der Waals surface area (Å²) in [5.74, 6) is -0.725. The molecule has 4 nitrogen and oxygen atoms in total. The number of carbonyl (C=O) groups is 2. The molecule has 0 aromatic heterocycles. The summed E-state index contributed by atoms with van der Waals surface area (Å²) < 4.78 is 13.8. The van der Waals surface area contributed by atoms with E-state index in [0.717, 1.165) is 12.0 Å². The molecule has 0 radical (unpaired) electrons. The highest BCUT2D eigenvalue weighted by molar-refractivity contribution is 5.94. The number of likely N-dealkylation sites (tertiary alicyclic amines) is 1. The third-order valence-electron chi connectivity index (χ3n) is 6.34. The highest BCUT2D eigenvalue weighted by atomic mass is 19.1. The van der Waals surface area contributed by atoms with E-state index in [2.05, 4.69) is 5.32 Å².